The minimum absolute atomic E-state index is 0.173. The standard InChI is InChI=1S/C29H34N6O3S2/c1-5-35(23-10-7-9-21(3)19-23)17-16-30-27-25(26-11-8-18-39-26)20-31-28(33-27)32-22-12-14-24(15-13-22)40(4,37)34-29(36)38-6-2/h7-15,18-20H,5-6,16-17H2,1-4H3,(H2,30,31,32,33). The second kappa shape index (κ2) is 13.4. The van der Waals surface area contributed by atoms with Crippen LogP contribution >= 0.6 is 11.3 Å². The van der Waals surface area contributed by atoms with Crippen LogP contribution in [0.25, 0.3) is 10.4 Å². The van der Waals surface area contributed by atoms with Crippen molar-refractivity contribution < 1.29 is 13.7 Å². The van der Waals surface area contributed by atoms with Crippen LogP contribution < -0.4 is 15.5 Å². The van der Waals surface area contributed by atoms with Crippen molar-refractivity contribution in [2.75, 3.05) is 48.0 Å². The van der Waals surface area contributed by atoms with Gasteiger partial charge in [0.2, 0.25) is 5.95 Å². The van der Waals surface area contributed by atoms with Gasteiger partial charge in [0.05, 0.1) is 21.9 Å². The Kier molecular flexibility index (Phi) is 9.73. The Labute approximate surface area is 239 Å². The second-order valence-electron chi connectivity index (χ2n) is 9.02. The fourth-order valence-electron chi connectivity index (χ4n) is 4.06. The van der Waals surface area contributed by atoms with E-state index < -0.39 is 15.8 Å². The first kappa shape index (κ1) is 29.0. The topological polar surface area (TPSA) is 109 Å². The summed E-state index contributed by atoms with van der Waals surface area (Å²) in [6.07, 6.45) is 2.39. The number of anilines is 4. The largest absolute Gasteiger partial charge is 0.448 e. The first-order chi connectivity index (χ1) is 19.3. The van der Waals surface area contributed by atoms with Crippen molar-refractivity contribution in [2.24, 2.45) is 4.36 Å². The monoisotopic (exact) mass is 578 g/mol. The van der Waals surface area contributed by atoms with Crippen molar-refractivity contribution >= 4 is 50.3 Å². The van der Waals surface area contributed by atoms with Gasteiger partial charge in [0.25, 0.3) is 0 Å². The Morgan fingerprint density at radius 3 is 2.60 bits per heavy atom. The zero-order valence-corrected chi connectivity index (χ0v) is 24.7. The van der Waals surface area contributed by atoms with E-state index in [-0.39, 0.29) is 6.61 Å². The molecular formula is C29H34N6O3S2. The molecule has 2 aromatic carbocycles. The minimum atomic E-state index is -2.92. The third kappa shape index (κ3) is 7.57. The Morgan fingerprint density at radius 2 is 1.93 bits per heavy atom. The van der Waals surface area contributed by atoms with Gasteiger partial charge in [0.1, 0.15) is 5.82 Å². The molecule has 210 valence electrons. The summed E-state index contributed by atoms with van der Waals surface area (Å²) < 4.78 is 21.4. The number of likely N-dealkylation sites (N-methyl/N-ethyl adjacent to an activating group) is 1. The van der Waals surface area contributed by atoms with Crippen LogP contribution in [0.1, 0.15) is 19.4 Å². The van der Waals surface area contributed by atoms with Gasteiger partial charge < -0.3 is 20.3 Å². The SMILES string of the molecule is CCOC(=O)N=S(C)(=O)c1ccc(Nc2ncc(-c3cccs3)c(NCCN(CC)c3cccc(C)c3)n2)cc1. The first-order valence-corrected chi connectivity index (χ1v) is 15.8. The molecule has 0 saturated heterocycles. The van der Waals surface area contributed by atoms with Gasteiger partial charge in [0, 0.05) is 53.2 Å². The molecule has 0 spiro atoms. The lowest BCUT2D eigenvalue weighted by molar-refractivity contribution is 0.164. The Balaban J connectivity index is 1.50. The van der Waals surface area contributed by atoms with Crippen molar-refractivity contribution in [3.63, 3.8) is 0 Å². The highest BCUT2D eigenvalue weighted by molar-refractivity contribution is 7.93. The number of carbonyl (C=O) groups is 1. The van der Waals surface area contributed by atoms with Crippen LogP contribution in [0.2, 0.25) is 0 Å². The number of carbonyl (C=O) groups excluding carboxylic acids is 1. The van der Waals surface area contributed by atoms with E-state index in [4.69, 9.17) is 9.72 Å². The number of rotatable bonds is 11. The number of aromatic nitrogens is 2. The normalized spacial score (nSPS) is 12.3. The number of hydrogen-bond donors (Lipinski definition) is 2. The van der Waals surface area contributed by atoms with Crippen molar-refractivity contribution in [3.8, 4) is 10.4 Å². The quantitative estimate of drug-likeness (QED) is 0.200. The lowest BCUT2D eigenvalue weighted by Gasteiger charge is -2.24. The molecule has 0 aliphatic rings. The Morgan fingerprint density at radius 1 is 1.12 bits per heavy atom. The molecule has 0 radical (unpaired) electrons. The summed E-state index contributed by atoms with van der Waals surface area (Å²) in [5, 5.41) is 8.76. The highest BCUT2D eigenvalue weighted by Crippen LogP contribution is 2.31. The summed E-state index contributed by atoms with van der Waals surface area (Å²) in [7, 11) is -2.92. The van der Waals surface area contributed by atoms with Crippen LogP contribution in [0.3, 0.4) is 0 Å². The molecule has 0 bridgehead atoms. The molecule has 1 amide bonds. The number of amides is 1. The minimum Gasteiger partial charge on any atom is -0.448 e. The fraction of sp³-hybridized carbons (Fsp3) is 0.276. The van der Waals surface area contributed by atoms with Crippen molar-refractivity contribution in [1.29, 1.82) is 0 Å². The highest BCUT2D eigenvalue weighted by Gasteiger charge is 2.13. The average Bonchev–Trinajstić information content (AvgIpc) is 3.46. The van der Waals surface area contributed by atoms with E-state index in [0.29, 0.717) is 23.1 Å². The Bertz CT molecular complexity index is 1550. The molecule has 11 heteroatoms. The van der Waals surface area contributed by atoms with E-state index >= 15 is 0 Å². The maximum Gasteiger partial charge on any atom is 0.442 e. The van der Waals surface area contributed by atoms with Gasteiger partial charge in [-0.15, -0.1) is 15.7 Å². The lowest BCUT2D eigenvalue weighted by Crippen LogP contribution is -2.29. The fourth-order valence-corrected chi connectivity index (χ4v) is 5.88. The van der Waals surface area contributed by atoms with Gasteiger partial charge in [-0.3, -0.25) is 0 Å². The molecule has 1 atom stereocenters. The summed E-state index contributed by atoms with van der Waals surface area (Å²) in [6.45, 7) is 8.50. The third-order valence-corrected chi connectivity index (χ3v) is 8.61. The zero-order valence-electron chi connectivity index (χ0n) is 23.1. The first-order valence-electron chi connectivity index (χ1n) is 13.0. The molecule has 2 heterocycles. The summed E-state index contributed by atoms with van der Waals surface area (Å²) in [4.78, 5) is 24.8. The van der Waals surface area contributed by atoms with Gasteiger partial charge in [-0.1, -0.05) is 18.2 Å². The van der Waals surface area contributed by atoms with E-state index in [2.05, 4.69) is 69.1 Å². The van der Waals surface area contributed by atoms with Gasteiger partial charge in [0.15, 0.2) is 0 Å². The lowest BCUT2D eigenvalue weighted by atomic mass is 10.2. The van der Waals surface area contributed by atoms with E-state index in [1.54, 1.807) is 42.5 Å². The number of nitrogens with one attached hydrogen (secondary N) is 2. The van der Waals surface area contributed by atoms with Gasteiger partial charge in [-0.25, -0.2) is 14.0 Å². The van der Waals surface area contributed by atoms with Crippen molar-refractivity contribution in [2.45, 2.75) is 25.7 Å². The number of benzene rings is 2. The number of hydrogen-bond acceptors (Lipinski definition) is 9. The van der Waals surface area contributed by atoms with E-state index in [1.165, 1.54) is 17.5 Å². The predicted octanol–water partition coefficient (Wildman–Crippen LogP) is 6.81. The molecule has 0 saturated carbocycles. The smallest absolute Gasteiger partial charge is 0.442 e. The number of ether oxygens (including phenoxy) is 1. The van der Waals surface area contributed by atoms with E-state index in [0.717, 1.165) is 29.3 Å². The number of aryl methyl sites for hydroxylation is 1. The summed E-state index contributed by atoms with van der Waals surface area (Å²) >= 11 is 1.63. The molecular weight excluding hydrogens is 544 g/mol. The molecule has 9 nitrogen and oxygen atoms in total. The van der Waals surface area contributed by atoms with Crippen molar-refractivity contribution in [3.05, 3.63) is 77.8 Å². The van der Waals surface area contributed by atoms with Crippen LogP contribution in [0, 0.1) is 6.92 Å². The predicted molar refractivity (Wildman–Crippen MR) is 164 cm³/mol. The maximum absolute atomic E-state index is 12.9. The maximum atomic E-state index is 12.9. The number of thiophene rings is 1. The van der Waals surface area contributed by atoms with Crippen LogP contribution in [0.15, 0.2) is 81.5 Å². The molecule has 0 aliphatic heterocycles. The summed E-state index contributed by atoms with van der Waals surface area (Å²) in [5.41, 5.74) is 4.07. The second-order valence-corrected chi connectivity index (χ2v) is 12.2. The Hall–Kier alpha value is -3.96. The summed E-state index contributed by atoms with van der Waals surface area (Å²) in [5.74, 6) is 1.16. The molecule has 1 unspecified atom stereocenters. The van der Waals surface area contributed by atoms with E-state index in [1.807, 2.05) is 17.6 Å². The molecule has 2 N–H and O–H groups in total. The molecule has 0 fully saturated rings. The molecule has 2 aromatic heterocycles. The van der Waals surface area contributed by atoms with Crippen molar-refractivity contribution in [1.82, 2.24) is 9.97 Å². The highest BCUT2D eigenvalue weighted by atomic mass is 32.2. The molecule has 4 aromatic rings. The molecule has 40 heavy (non-hydrogen) atoms. The molecule has 4 rings (SSSR count). The average molecular weight is 579 g/mol. The van der Waals surface area contributed by atoms with Gasteiger partial charge in [-0.05, 0) is 74.2 Å². The molecule has 0 aliphatic carbocycles. The summed E-state index contributed by atoms with van der Waals surface area (Å²) in [6, 6.07) is 19.4. The zero-order chi connectivity index (χ0) is 28.5. The van der Waals surface area contributed by atoms with Gasteiger partial charge in [-0.2, -0.15) is 4.98 Å². The van der Waals surface area contributed by atoms with Crippen LogP contribution in [-0.2, 0) is 14.5 Å². The van der Waals surface area contributed by atoms with Crippen LogP contribution in [-0.4, -0.2) is 52.8 Å². The van der Waals surface area contributed by atoms with Crippen LogP contribution in [0.4, 0.5) is 27.9 Å². The third-order valence-electron chi connectivity index (χ3n) is 6.06. The van der Waals surface area contributed by atoms with Gasteiger partial charge >= 0.3 is 6.09 Å². The van der Waals surface area contributed by atoms with Crippen LogP contribution in [0.5, 0.6) is 0 Å². The van der Waals surface area contributed by atoms with E-state index in [9.17, 15) is 9.00 Å². The number of nitrogens with zero attached hydrogens (tertiary/aromatic N) is 4.